The molecule has 0 bridgehead atoms. The fourth-order valence-electron chi connectivity index (χ4n) is 4.55. The maximum absolute atomic E-state index is 6.26. The second-order valence-electron chi connectivity index (χ2n) is 9.04. The van der Waals surface area contributed by atoms with Crippen LogP contribution >= 0.6 is 0 Å². The van der Waals surface area contributed by atoms with Crippen LogP contribution < -0.4 is 5.73 Å². The highest BCUT2D eigenvalue weighted by molar-refractivity contribution is 5.65. The third-order valence-electron chi connectivity index (χ3n) is 6.57. The Morgan fingerprint density at radius 1 is 0.719 bits per heavy atom. The average molecular weight is 436 g/mol. The minimum absolute atomic E-state index is 0.877. The Labute approximate surface area is 196 Å². The Kier molecular flexibility index (Phi) is 12.1. The standard InChI is InChI=1S/C29H45N3/c1-5-8-9-10-11-12-13-14-15-16-19-25-20-17-18-21-28(25)31-32-29-23(4)26(7-3)27(30)22-24(29)6-2/h17-18,20-22H,5-16,19,30H2,1-4H3. The lowest BCUT2D eigenvalue weighted by molar-refractivity contribution is 0.556. The molecule has 2 rings (SSSR count). The van der Waals surface area contributed by atoms with Crippen LogP contribution in [0.15, 0.2) is 40.6 Å². The van der Waals surface area contributed by atoms with Gasteiger partial charge in [0, 0.05) is 5.69 Å². The number of anilines is 1. The highest BCUT2D eigenvalue weighted by atomic mass is 15.1. The van der Waals surface area contributed by atoms with Gasteiger partial charge in [-0.3, -0.25) is 0 Å². The van der Waals surface area contributed by atoms with Crippen LogP contribution in [0.5, 0.6) is 0 Å². The number of nitrogen functional groups attached to an aromatic ring is 1. The molecule has 0 saturated heterocycles. The van der Waals surface area contributed by atoms with Gasteiger partial charge in [0.1, 0.15) is 0 Å². The highest BCUT2D eigenvalue weighted by Crippen LogP contribution is 2.34. The van der Waals surface area contributed by atoms with Gasteiger partial charge in [-0.2, -0.15) is 5.11 Å². The summed E-state index contributed by atoms with van der Waals surface area (Å²) in [5.41, 5.74) is 14.0. The number of unbranched alkanes of at least 4 members (excludes halogenated alkanes) is 9. The third kappa shape index (κ3) is 8.07. The zero-order chi connectivity index (χ0) is 23.2. The van der Waals surface area contributed by atoms with Crippen molar-refractivity contribution in [2.24, 2.45) is 10.2 Å². The molecule has 0 atom stereocenters. The largest absolute Gasteiger partial charge is 0.398 e. The topological polar surface area (TPSA) is 50.7 Å². The van der Waals surface area contributed by atoms with Crippen molar-refractivity contribution in [3.05, 3.63) is 52.6 Å². The first-order valence-corrected chi connectivity index (χ1v) is 13.0. The van der Waals surface area contributed by atoms with Gasteiger partial charge in [-0.15, -0.1) is 5.11 Å². The van der Waals surface area contributed by atoms with E-state index < -0.39 is 0 Å². The average Bonchev–Trinajstić information content (AvgIpc) is 2.80. The van der Waals surface area contributed by atoms with Gasteiger partial charge in [-0.1, -0.05) is 96.8 Å². The minimum atomic E-state index is 0.877. The molecule has 0 aromatic heterocycles. The zero-order valence-electron chi connectivity index (χ0n) is 21.1. The van der Waals surface area contributed by atoms with Crippen LogP contribution in [0.1, 0.15) is 107 Å². The first kappa shape index (κ1) is 26.1. The molecule has 0 aliphatic heterocycles. The lowest BCUT2D eigenvalue weighted by Crippen LogP contribution is -1.99. The molecule has 2 aromatic rings. The summed E-state index contributed by atoms with van der Waals surface area (Å²) in [6.07, 6.45) is 16.5. The molecule has 2 N–H and O–H groups in total. The molecule has 0 amide bonds. The van der Waals surface area contributed by atoms with Crippen LogP contribution in [0.4, 0.5) is 17.1 Å². The molecule has 0 fully saturated rings. The number of hydrogen-bond acceptors (Lipinski definition) is 3. The van der Waals surface area contributed by atoms with E-state index in [9.17, 15) is 0 Å². The maximum Gasteiger partial charge on any atom is 0.0922 e. The van der Waals surface area contributed by atoms with Crippen LogP contribution in [0, 0.1) is 6.92 Å². The van der Waals surface area contributed by atoms with Gasteiger partial charge in [0.15, 0.2) is 0 Å². The quantitative estimate of drug-likeness (QED) is 0.169. The molecular weight excluding hydrogens is 390 g/mol. The van der Waals surface area contributed by atoms with Crippen molar-refractivity contribution in [2.45, 2.75) is 111 Å². The van der Waals surface area contributed by atoms with Crippen LogP contribution in [-0.4, -0.2) is 0 Å². The second-order valence-corrected chi connectivity index (χ2v) is 9.04. The monoisotopic (exact) mass is 435 g/mol. The van der Waals surface area contributed by atoms with E-state index in [2.05, 4.69) is 58.0 Å². The normalized spacial score (nSPS) is 11.5. The molecule has 0 heterocycles. The number of hydrogen-bond donors (Lipinski definition) is 1. The summed E-state index contributed by atoms with van der Waals surface area (Å²) in [7, 11) is 0. The first-order valence-electron chi connectivity index (χ1n) is 13.0. The number of rotatable bonds is 15. The number of benzene rings is 2. The molecule has 3 nitrogen and oxygen atoms in total. The molecule has 176 valence electrons. The highest BCUT2D eigenvalue weighted by Gasteiger charge is 2.12. The Morgan fingerprint density at radius 3 is 1.97 bits per heavy atom. The van der Waals surface area contributed by atoms with Gasteiger partial charge >= 0.3 is 0 Å². The predicted octanol–water partition coefficient (Wildman–Crippen LogP) is 9.58. The maximum atomic E-state index is 6.26. The van der Waals surface area contributed by atoms with Gasteiger partial charge in [0.05, 0.1) is 11.4 Å². The number of azo groups is 1. The minimum Gasteiger partial charge on any atom is -0.398 e. The van der Waals surface area contributed by atoms with Gasteiger partial charge in [0.25, 0.3) is 0 Å². The Hall–Kier alpha value is -2.16. The van der Waals surface area contributed by atoms with E-state index in [1.54, 1.807) is 0 Å². The van der Waals surface area contributed by atoms with E-state index in [1.807, 2.05) is 0 Å². The SMILES string of the molecule is CCCCCCCCCCCCc1ccccc1N=Nc1c(CC)cc(N)c(CC)c1C. The summed E-state index contributed by atoms with van der Waals surface area (Å²) in [5.74, 6) is 0. The molecule has 0 aliphatic carbocycles. The van der Waals surface area contributed by atoms with Gasteiger partial charge in [0.2, 0.25) is 0 Å². The number of nitrogens with two attached hydrogens (primary N) is 1. The van der Waals surface area contributed by atoms with Gasteiger partial charge in [-0.05, 0) is 67.0 Å². The fraction of sp³-hybridized carbons (Fsp3) is 0.586. The van der Waals surface area contributed by atoms with E-state index in [0.717, 1.165) is 36.3 Å². The summed E-state index contributed by atoms with van der Waals surface area (Å²) in [5, 5.41) is 9.42. The van der Waals surface area contributed by atoms with Crippen molar-refractivity contribution in [2.75, 3.05) is 5.73 Å². The van der Waals surface area contributed by atoms with Crippen LogP contribution in [0.25, 0.3) is 0 Å². The summed E-state index contributed by atoms with van der Waals surface area (Å²) in [6, 6.07) is 10.6. The molecule has 0 spiro atoms. The fourth-order valence-corrected chi connectivity index (χ4v) is 4.55. The molecule has 0 saturated carbocycles. The molecular formula is C29H45N3. The van der Waals surface area contributed by atoms with Crippen molar-refractivity contribution < 1.29 is 0 Å². The number of nitrogens with zero attached hydrogens (tertiary/aromatic N) is 2. The van der Waals surface area contributed by atoms with Crippen molar-refractivity contribution in [3.8, 4) is 0 Å². The Bertz CT molecular complexity index is 839. The summed E-state index contributed by atoms with van der Waals surface area (Å²) in [4.78, 5) is 0. The van der Waals surface area contributed by atoms with Gasteiger partial charge in [-0.25, -0.2) is 0 Å². The van der Waals surface area contributed by atoms with Crippen molar-refractivity contribution >= 4 is 17.1 Å². The molecule has 0 aliphatic rings. The van der Waals surface area contributed by atoms with E-state index in [-0.39, 0.29) is 0 Å². The molecule has 3 heteroatoms. The first-order chi connectivity index (χ1) is 15.6. The van der Waals surface area contributed by atoms with E-state index >= 15 is 0 Å². The third-order valence-corrected chi connectivity index (χ3v) is 6.57. The molecule has 0 unspecified atom stereocenters. The van der Waals surface area contributed by atoms with E-state index in [1.165, 1.54) is 86.5 Å². The predicted molar refractivity (Wildman–Crippen MR) is 141 cm³/mol. The van der Waals surface area contributed by atoms with Crippen molar-refractivity contribution in [1.82, 2.24) is 0 Å². The second kappa shape index (κ2) is 14.8. The van der Waals surface area contributed by atoms with Crippen LogP contribution in [0.2, 0.25) is 0 Å². The molecule has 0 radical (unpaired) electrons. The Balaban J connectivity index is 1.92. The van der Waals surface area contributed by atoms with E-state index in [0.29, 0.717) is 0 Å². The zero-order valence-corrected chi connectivity index (χ0v) is 21.1. The van der Waals surface area contributed by atoms with Gasteiger partial charge < -0.3 is 5.73 Å². The Morgan fingerprint density at radius 2 is 1.34 bits per heavy atom. The van der Waals surface area contributed by atoms with Crippen molar-refractivity contribution in [1.29, 1.82) is 0 Å². The summed E-state index contributed by atoms with van der Waals surface area (Å²) in [6.45, 7) is 8.70. The molecule has 2 aromatic carbocycles. The summed E-state index contributed by atoms with van der Waals surface area (Å²) >= 11 is 0. The van der Waals surface area contributed by atoms with Crippen LogP contribution in [-0.2, 0) is 19.3 Å². The molecule has 32 heavy (non-hydrogen) atoms. The van der Waals surface area contributed by atoms with E-state index in [4.69, 9.17) is 16.0 Å². The van der Waals surface area contributed by atoms with Crippen LogP contribution in [0.3, 0.4) is 0 Å². The van der Waals surface area contributed by atoms with Crippen molar-refractivity contribution in [3.63, 3.8) is 0 Å². The lowest BCUT2D eigenvalue weighted by Gasteiger charge is -2.14. The lowest BCUT2D eigenvalue weighted by atomic mass is 9.97. The smallest absolute Gasteiger partial charge is 0.0922 e. The summed E-state index contributed by atoms with van der Waals surface area (Å²) < 4.78 is 0. The number of aryl methyl sites for hydroxylation is 2.